The molecule has 0 radical (unpaired) electrons. The minimum atomic E-state index is -5.05. The summed E-state index contributed by atoms with van der Waals surface area (Å²) in [4.78, 5) is 15.9. The van der Waals surface area contributed by atoms with Gasteiger partial charge in [-0.2, -0.15) is 13.2 Å². The van der Waals surface area contributed by atoms with Gasteiger partial charge in [0.2, 0.25) is 6.54 Å². The van der Waals surface area contributed by atoms with E-state index in [0.717, 1.165) is 0 Å². The number of nitrogens with zero attached hydrogens (tertiary/aromatic N) is 2. The number of benzene rings is 2. The Labute approximate surface area is 189 Å². The third kappa shape index (κ3) is 4.83. The molecule has 2 aromatic carbocycles. The van der Waals surface area contributed by atoms with Gasteiger partial charge >= 0.3 is 6.18 Å². The number of rotatable bonds is 7. The Balaban J connectivity index is 2.01. The van der Waals surface area contributed by atoms with Gasteiger partial charge in [-0.15, -0.1) is 0 Å². The Kier molecular flexibility index (Phi) is 7.02. The molecule has 33 heavy (non-hydrogen) atoms. The van der Waals surface area contributed by atoms with Gasteiger partial charge in [0, 0.05) is 27.5 Å². The van der Waals surface area contributed by atoms with E-state index in [2.05, 4.69) is 4.99 Å². The fourth-order valence-electron chi connectivity index (χ4n) is 3.87. The molecule has 2 aromatic rings. The van der Waals surface area contributed by atoms with Crippen LogP contribution in [0.3, 0.4) is 0 Å². The highest BCUT2D eigenvalue weighted by molar-refractivity contribution is 5.80. The summed E-state index contributed by atoms with van der Waals surface area (Å²) in [7, 11) is 1.25. The molecule has 0 aromatic heterocycles. The van der Waals surface area contributed by atoms with Crippen LogP contribution >= 0.6 is 0 Å². The van der Waals surface area contributed by atoms with Crippen LogP contribution in [-0.2, 0) is 0 Å². The summed E-state index contributed by atoms with van der Waals surface area (Å²) in [6.45, 7) is 3.30. The maximum atomic E-state index is 14.5. The molecule has 0 saturated heterocycles. The standard InChI is InChI=1S/C24H25F4N2O3/c1-4-16(17-11-10-15(2)21(25)22(17)33-3)13-23(31,24(26,27)28)14-29-19-8-5-9-20-18(19)7-6-12-30(20)32/h5-11,14,16,31H,4,12-13H2,1-3H3/q+1. The summed E-state index contributed by atoms with van der Waals surface area (Å²) in [5.74, 6) is -1.65. The van der Waals surface area contributed by atoms with E-state index in [-0.39, 0.29) is 35.7 Å². The number of fused-ring (bicyclic) bond motifs is 1. The third-order valence-electron chi connectivity index (χ3n) is 5.81. The van der Waals surface area contributed by atoms with Gasteiger partial charge in [-0.3, -0.25) is 4.99 Å². The number of nitroso groups, excluding NO2 is 1. The van der Waals surface area contributed by atoms with Gasteiger partial charge in [-0.1, -0.05) is 25.1 Å². The molecule has 2 unspecified atom stereocenters. The summed E-state index contributed by atoms with van der Waals surface area (Å²) in [6, 6.07) is 7.50. The highest BCUT2D eigenvalue weighted by Crippen LogP contribution is 2.42. The van der Waals surface area contributed by atoms with Crippen molar-refractivity contribution < 1.29 is 32.2 Å². The SMILES string of the molecule is CCC(CC(O)(C=Nc1cccc2c1C=CC[N+]2=O)C(F)(F)F)c1ccc(C)c(F)c1OC. The van der Waals surface area contributed by atoms with Crippen LogP contribution in [0.2, 0.25) is 0 Å². The topological polar surface area (TPSA) is 61.9 Å². The number of ether oxygens (including phenoxy) is 1. The normalized spacial score (nSPS) is 16.5. The van der Waals surface area contributed by atoms with E-state index in [0.29, 0.717) is 22.1 Å². The Morgan fingerprint density at radius 3 is 2.64 bits per heavy atom. The van der Waals surface area contributed by atoms with Gasteiger partial charge in [0.15, 0.2) is 17.2 Å². The summed E-state index contributed by atoms with van der Waals surface area (Å²) in [6.07, 6.45) is -1.99. The zero-order valence-corrected chi connectivity index (χ0v) is 18.5. The number of alkyl halides is 3. The first kappa shape index (κ1) is 24.6. The van der Waals surface area contributed by atoms with E-state index in [1.54, 1.807) is 25.1 Å². The van der Waals surface area contributed by atoms with Crippen molar-refractivity contribution in [2.45, 2.75) is 44.4 Å². The molecule has 1 heterocycles. The number of halogens is 4. The van der Waals surface area contributed by atoms with Crippen LogP contribution < -0.4 is 4.74 Å². The van der Waals surface area contributed by atoms with E-state index in [9.17, 15) is 27.6 Å². The maximum absolute atomic E-state index is 14.5. The van der Waals surface area contributed by atoms with Crippen LogP contribution in [0.1, 0.15) is 42.4 Å². The van der Waals surface area contributed by atoms with Crippen LogP contribution in [0.25, 0.3) is 6.08 Å². The minimum Gasteiger partial charge on any atom is -0.493 e. The molecule has 0 saturated carbocycles. The minimum absolute atomic E-state index is 0.124. The van der Waals surface area contributed by atoms with Gasteiger partial charge in [-0.25, -0.2) is 4.39 Å². The van der Waals surface area contributed by atoms with Crippen LogP contribution in [0.4, 0.5) is 28.9 Å². The monoisotopic (exact) mass is 465 g/mol. The lowest BCUT2D eigenvalue weighted by Gasteiger charge is -2.31. The molecular weight excluding hydrogens is 440 g/mol. The molecule has 9 heteroatoms. The number of aliphatic imine (C=N–C) groups is 1. The van der Waals surface area contributed by atoms with Crippen molar-refractivity contribution in [1.29, 1.82) is 0 Å². The molecule has 0 aliphatic carbocycles. The summed E-state index contributed by atoms with van der Waals surface area (Å²) < 4.78 is 62.4. The van der Waals surface area contributed by atoms with Crippen molar-refractivity contribution in [1.82, 2.24) is 0 Å². The first-order valence-electron chi connectivity index (χ1n) is 10.4. The zero-order valence-electron chi connectivity index (χ0n) is 18.5. The van der Waals surface area contributed by atoms with Gasteiger partial charge in [0.25, 0.3) is 5.69 Å². The van der Waals surface area contributed by atoms with Gasteiger partial charge < -0.3 is 9.84 Å². The van der Waals surface area contributed by atoms with Crippen molar-refractivity contribution in [3.8, 4) is 5.75 Å². The molecular formula is C24H25F4N2O3+. The van der Waals surface area contributed by atoms with Gasteiger partial charge in [-0.05, 0) is 49.5 Å². The molecule has 3 rings (SSSR count). The van der Waals surface area contributed by atoms with Crippen molar-refractivity contribution in [2.75, 3.05) is 13.7 Å². The first-order valence-corrected chi connectivity index (χ1v) is 10.4. The Morgan fingerprint density at radius 2 is 2.00 bits per heavy atom. The predicted molar refractivity (Wildman–Crippen MR) is 118 cm³/mol. The molecule has 0 bridgehead atoms. The Bertz CT molecular complexity index is 1110. The third-order valence-corrected chi connectivity index (χ3v) is 5.81. The molecule has 0 spiro atoms. The van der Waals surface area contributed by atoms with E-state index < -0.39 is 29.9 Å². The highest BCUT2D eigenvalue weighted by Gasteiger charge is 2.54. The largest absolute Gasteiger partial charge is 0.493 e. The fraction of sp³-hybridized carbons (Fsp3) is 0.375. The second-order valence-electron chi connectivity index (χ2n) is 7.98. The molecule has 2 atom stereocenters. The van der Waals surface area contributed by atoms with Gasteiger partial charge in [0.05, 0.1) is 18.4 Å². The van der Waals surface area contributed by atoms with Gasteiger partial charge in [0.1, 0.15) is 0 Å². The molecule has 1 aliphatic rings. The van der Waals surface area contributed by atoms with Crippen molar-refractivity contribution in [3.63, 3.8) is 0 Å². The van der Waals surface area contributed by atoms with E-state index in [1.807, 2.05) is 0 Å². The lowest BCUT2D eigenvalue weighted by Crippen LogP contribution is -2.47. The van der Waals surface area contributed by atoms with Crippen LogP contribution in [0, 0.1) is 17.6 Å². The fourth-order valence-corrected chi connectivity index (χ4v) is 3.87. The predicted octanol–water partition coefficient (Wildman–Crippen LogP) is 6.16. The average Bonchev–Trinajstić information content (AvgIpc) is 2.77. The lowest BCUT2D eigenvalue weighted by molar-refractivity contribution is -0.452. The van der Waals surface area contributed by atoms with E-state index in [1.165, 1.54) is 38.3 Å². The second-order valence-corrected chi connectivity index (χ2v) is 7.98. The van der Waals surface area contributed by atoms with Crippen LogP contribution in [0.15, 0.2) is 41.4 Å². The molecule has 0 amide bonds. The summed E-state index contributed by atoms with van der Waals surface area (Å²) in [5, 5.41) is 10.7. The Hall–Kier alpha value is -3.07. The first-order chi connectivity index (χ1) is 15.5. The van der Waals surface area contributed by atoms with E-state index in [4.69, 9.17) is 4.74 Å². The number of aliphatic hydroxyl groups is 1. The molecule has 176 valence electrons. The average molecular weight is 465 g/mol. The van der Waals surface area contributed by atoms with Crippen LogP contribution in [0.5, 0.6) is 5.75 Å². The second kappa shape index (κ2) is 9.43. The number of methoxy groups -OCH3 is 1. The molecule has 5 nitrogen and oxygen atoms in total. The maximum Gasteiger partial charge on any atom is 0.422 e. The van der Waals surface area contributed by atoms with Crippen molar-refractivity contribution >= 4 is 23.7 Å². The molecule has 1 N–H and O–H groups in total. The zero-order chi connectivity index (χ0) is 24.4. The highest BCUT2D eigenvalue weighted by atomic mass is 19.4. The summed E-state index contributed by atoms with van der Waals surface area (Å²) >= 11 is 0. The summed E-state index contributed by atoms with van der Waals surface area (Å²) in [5.41, 5.74) is -1.98. The molecule has 1 aliphatic heterocycles. The molecule has 0 fully saturated rings. The Morgan fingerprint density at radius 1 is 1.27 bits per heavy atom. The lowest BCUT2D eigenvalue weighted by atomic mass is 9.83. The quantitative estimate of drug-likeness (QED) is 0.303. The number of hydrogen-bond donors (Lipinski definition) is 1. The van der Waals surface area contributed by atoms with Crippen LogP contribution in [-0.4, -0.2) is 41.5 Å². The van der Waals surface area contributed by atoms with E-state index >= 15 is 0 Å². The van der Waals surface area contributed by atoms with Crippen molar-refractivity contribution in [2.24, 2.45) is 4.99 Å². The number of aryl methyl sites for hydroxylation is 1. The number of hydrogen-bond acceptors (Lipinski definition) is 4. The van der Waals surface area contributed by atoms with Crippen molar-refractivity contribution in [3.05, 3.63) is 63.8 Å². The smallest absolute Gasteiger partial charge is 0.422 e.